The quantitative estimate of drug-likeness (QED) is 0.567. The van der Waals surface area contributed by atoms with E-state index in [1.807, 2.05) is 17.5 Å². The van der Waals surface area contributed by atoms with Gasteiger partial charge in [-0.2, -0.15) is 4.31 Å². The van der Waals surface area contributed by atoms with Crippen LogP contribution in [0.1, 0.15) is 4.88 Å². The summed E-state index contributed by atoms with van der Waals surface area (Å²) in [4.78, 5) is 25.1. The van der Waals surface area contributed by atoms with Crippen LogP contribution in [0.2, 0.25) is 0 Å². The van der Waals surface area contributed by atoms with Crippen molar-refractivity contribution >= 4 is 33.0 Å². The van der Waals surface area contributed by atoms with E-state index in [4.69, 9.17) is 0 Å². The molecule has 1 aliphatic rings. The number of nitro benzene ring substituents is 1. The van der Waals surface area contributed by atoms with Crippen LogP contribution in [0.5, 0.6) is 0 Å². The SMILES string of the molecule is O=C(Cc1cccs1)N1CCN(S(=O)(=O)c2ccc([N+](=O)[O-])cc2)CC1. The fourth-order valence-corrected chi connectivity index (χ4v) is 4.86. The van der Waals surface area contributed by atoms with Gasteiger partial charge in [-0.3, -0.25) is 14.9 Å². The average Bonchev–Trinajstić information content (AvgIpc) is 3.15. The van der Waals surface area contributed by atoms with E-state index in [1.54, 1.807) is 4.90 Å². The molecule has 0 bridgehead atoms. The van der Waals surface area contributed by atoms with Gasteiger partial charge in [0.05, 0.1) is 16.2 Å². The number of nitrogens with zero attached hydrogens (tertiary/aromatic N) is 3. The Morgan fingerprint density at radius 1 is 1.12 bits per heavy atom. The number of nitro groups is 1. The second kappa shape index (κ2) is 7.52. The van der Waals surface area contributed by atoms with Gasteiger partial charge in [0.1, 0.15) is 0 Å². The Morgan fingerprint density at radius 3 is 2.31 bits per heavy atom. The topological polar surface area (TPSA) is 101 Å². The van der Waals surface area contributed by atoms with Gasteiger partial charge >= 0.3 is 0 Å². The van der Waals surface area contributed by atoms with E-state index in [2.05, 4.69) is 0 Å². The summed E-state index contributed by atoms with van der Waals surface area (Å²) >= 11 is 1.52. The molecule has 10 heteroatoms. The van der Waals surface area contributed by atoms with Crippen molar-refractivity contribution in [2.75, 3.05) is 26.2 Å². The monoisotopic (exact) mass is 395 g/mol. The predicted octanol–water partition coefficient (Wildman–Crippen LogP) is 1.73. The van der Waals surface area contributed by atoms with Crippen molar-refractivity contribution in [2.45, 2.75) is 11.3 Å². The molecule has 1 aliphatic heterocycles. The lowest BCUT2D eigenvalue weighted by molar-refractivity contribution is -0.384. The van der Waals surface area contributed by atoms with Crippen molar-refractivity contribution in [3.63, 3.8) is 0 Å². The van der Waals surface area contributed by atoms with Crippen LogP contribution in [0.25, 0.3) is 0 Å². The number of hydrogen-bond acceptors (Lipinski definition) is 6. The molecule has 1 fully saturated rings. The second-order valence-corrected chi connectivity index (χ2v) is 8.76. The zero-order valence-corrected chi connectivity index (χ0v) is 15.4. The molecule has 0 radical (unpaired) electrons. The first-order valence-electron chi connectivity index (χ1n) is 7.93. The predicted molar refractivity (Wildman–Crippen MR) is 96.5 cm³/mol. The van der Waals surface area contributed by atoms with Gasteiger partial charge in [-0.25, -0.2) is 8.42 Å². The van der Waals surface area contributed by atoms with Crippen LogP contribution in [-0.4, -0.2) is 54.6 Å². The number of hydrogen-bond donors (Lipinski definition) is 0. The first-order chi connectivity index (χ1) is 12.4. The molecule has 26 heavy (non-hydrogen) atoms. The van der Waals surface area contributed by atoms with Gasteiger partial charge in [-0.15, -0.1) is 11.3 Å². The third-order valence-corrected chi connectivity index (χ3v) is 6.97. The average molecular weight is 395 g/mol. The third-order valence-electron chi connectivity index (χ3n) is 4.18. The summed E-state index contributed by atoms with van der Waals surface area (Å²) in [7, 11) is -3.73. The van der Waals surface area contributed by atoms with Gasteiger partial charge < -0.3 is 4.90 Å². The normalized spacial score (nSPS) is 15.8. The Kier molecular flexibility index (Phi) is 5.35. The molecule has 0 aliphatic carbocycles. The number of thiophene rings is 1. The molecule has 2 heterocycles. The number of carbonyl (C=O) groups excluding carboxylic acids is 1. The first kappa shape index (κ1) is 18.5. The lowest BCUT2D eigenvalue weighted by Gasteiger charge is -2.34. The lowest BCUT2D eigenvalue weighted by atomic mass is 10.3. The summed E-state index contributed by atoms with van der Waals surface area (Å²) < 4.78 is 26.6. The van der Waals surface area contributed by atoms with Crippen molar-refractivity contribution in [3.8, 4) is 0 Å². The second-order valence-electron chi connectivity index (χ2n) is 5.79. The molecule has 138 valence electrons. The number of amides is 1. The van der Waals surface area contributed by atoms with E-state index < -0.39 is 14.9 Å². The third kappa shape index (κ3) is 3.92. The first-order valence-corrected chi connectivity index (χ1v) is 10.2. The van der Waals surface area contributed by atoms with Crippen LogP contribution in [-0.2, 0) is 21.2 Å². The van der Waals surface area contributed by atoms with Gasteiger partial charge in [0.25, 0.3) is 5.69 Å². The van der Waals surface area contributed by atoms with Crippen LogP contribution >= 0.6 is 11.3 Å². The molecular weight excluding hydrogens is 378 g/mol. The summed E-state index contributed by atoms with van der Waals surface area (Å²) in [6.07, 6.45) is 0.326. The van der Waals surface area contributed by atoms with Gasteiger partial charge in [0, 0.05) is 43.2 Å². The Balaban J connectivity index is 1.63. The summed E-state index contributed by atoms with van der Waals surface area (Å²) in [6, 6.07) is 8.62. The largest absolute Gasteiger partial charge is 0.340 e. The molecule has 0 spiro atoms. The Bertz CT molecular complexity index is 886. The minimum absolute atomic E-state index is 0.0140. The fraction of sp³-hybridized carbons (Fsp3) is 0.312. The van der Waals surface area contributed by atoms with Crippen molar-refractivity contribution in [1.29, 1.82) is 0 Å². The molecule has 1 aromatic heterocycles. The van der Waals surface area contributed by atoms with Gasteiger partial charge in [0.2, 0.25) is 15.9 Å². The van der Waals surface area contributed by atoms with Crippen molar-refractivity contribution in [1.82, 2.24) is 9.21 Å². The molecule has 0 N–H and O–H groups in total. The number of non-ortho nitro benzene ring substituents is 1. The smallest absolute Gasteiger partial charge is 0.269 e. The number of sulfonamides is 1. The van der Waals surface area contributed by atoms with Crippen LogP contribution in [0.15, 0.2) is 46.7 Å². The van der Waals surface area contributed by atoms with E-state index in [0.717, 1.165) is 4.88 Å². The van der Waals surface area contributed by atoms with E-state index in [0.29, 0.717) is 19.5 Å². The highest BCUT2D eigenvalue weighted by atomic mass is 32.2. The molecule has 2 aromatic rings. The van der Waals surface area contributed by atoms with Crippen LogP contribution in [0.3, 0.4) is 0 Å². The molecule has 0 atom stereocenters. The maximum Gasteiger partial charge on any atom is 0.269 e. The number of carbonyl (C=O) groups is 1. The Labute approximate surface area is 154 Å². The molecule has 1 aromatic carbocycles. The van der Waals surface area contributed by atoms with Crippen molar-refractivity contribution in [3.05, 3.63) is 56.8 Å². The van der Waals surface area contributed by atoms with Gasteiger partial charge in [-0.1, -0.05) is 6.07 Å². The standard InChI is InChI=1S/C16H17N3O5S2/c20-16(12-14-2-1-11-25-14)17-7-9-18(10-8-17)26(23,24)15-5-3-13(4-6-15)19(21)22/h1-6,11H,7-10,12H2. The fourth-order valence-electron chi connectivity index (χ4n) is 2.74. The summed E-state index contributed by atoms with van der Waals surface area (Å²) in [5, 5.41) is 12.6. The van der Waals surface area contributed by atoms with E-state index >= 15 is 0 Å². The molecular formula is C16H17N3O5S2. The number of rotatable bonds is 5. The highest BCUT2D eigenvalue weighted by Gasteiger charge is 2.30. The van der Waals surface area contributed by atoms with Crippen molar-refractivity contribution in [2.24, 2.45) is 0 Å². The molecule has 0 saturated carbocycles. The van der Waals surface area contributed by atoms with E-state index in [9.17, 15) is 23.3 Å². The van der Waals surface area contributed by atoms with Crippen LogP contribution in [0, 0.1) is 10.1 Å². The van der Waals surface area contributed by atoms with Crippen molar-refractivity contribution < 1.29 is 18.1 Å². The summed E-state index contributed by atoms with van der Waals surface area (Å²) in [5.74, 6) is -0.0140. The number of benzene rings is 1. The molecule has 3 rings (SSSR count). The zero-order chi connectivity index (χ0) is 18.7. The highest BCUT2D eigenvalue weighted by molar-refractivity contribution is 7.89. The molecule has 1 saturated heterocycles. The minimum atomic E-state index is -3.73. The van der Waals surface area contributed by atoms with Crippen LogP contribution < -0.4 is 0 Å². The molecule has 1 amide bonds. The van der Waals surface area contributed by atoms with E-state index in [-0.39, 0.29) is 29.6 Å². The molecule has 8 nitrogen and oxygen atoms in total. The van der Waals surface area contributed by atoms with E-state index in [1.165, 1.54) is 39.9 Å². The summed E-state index contributed by atoms with van der Waals surface area (Å²) in [5.41, 5.74) is -0.159. The molecule has 0 unspecified atom stereocenters. The van der Waals surface area contributed by atoms with Gasteiger partial charge in [-0.05, 0) is 23.6 Å². The van der Waals surface area contributed by atoms with Crippen LogP contribution in [0.4, 0.5) is 5.69 Å². The maximum atomic E-state index is 12.7. The Morgan fingerprint density at radius 2 is 1.77 bits per heavy atom. The Hall–Kier alpha value is -2.30. The minimum Gasteiger partial charge on any atom is -0.340 e. The highest BCUT2D eigenvalue weighted by Crippen LogP contribution is 2.21. The maximum absolute atomic E-state index is 12.7. The van der Waals surface area contributed by atoms with Gasteiger partial charge in [0.15, 0.2) is 0 Å². The lowest BCUT2D eigenvalue weighted by Crippen LogP contribution is -2.50. The number of piperazine rings is 1. The zero-order valence-electron chi connectivity index (χ0n) is 13.8. The summed E-state index contributed by atoms with van der Waals surface area (Å²) in [6.45, 7) is 1.07.